The van der Waals surface area contributed by atoms with Gasteiger partial charge in [0.15, 0.2) is 0 Å². The van der Waals surface area contributed by atoms with E-state index in [-0.39, 0.29) is 11.4 Å². The van der Waals surface area contributed by atoms with E-state index >= 15 is 0 Å². The van der Waals surface area contributed by atoms with Gasteiger partial charge in [0, 0.05) is 6.04 Å². The van der Waals surface area contributed by atoms with E-state index in [1.54, 1.807) is 0 Å². The molecule has 2 saturated carbocycles. The summed E-state index contributed by atoms with van der Waals surface area (Å²) in [5, 5.41) is 3.60. The highest BCUT2D eigenvalue weighted by molar-refractivity contribution is 5.84. The molecule has 2 fully saturated rings. The molecule has 3 N–H and O–H groups in total. The number of carbonyl (C=O) groups excluding carboxylic acids is 1. The molecule has 2 aliphatic rings. The van der Waals surface area contributed by atoms with Crippen molar-refractivity contribution in [1.82, 2.24) is 5.32 Å². The highest BCUT2D eigenvalue weighted by Gasteiger charge is 2.39. The fraction of sp³-hybridized carbons (Fsp3) is 0.923. The Bertz CT molecular complexity index is 240. The van der Waals surface area contributed by atoms with Crippen molar-refractivity contribution >= 4 is 5.91 Å². The van der Waals surface area contributed by atoms with E-state index in [0.29, 0.717) is 6.04 Å². The predicted octanol–water partition coefficient (Wildman–Crippen LogP) is 2.10. The second-order valence-electron chi connectivity index (χ2n) is 5.49. The van der Waals surface area contributed by atoms with E-state index in [9.17, 15) is 4.79 Å². The largest absolute Gasteiger partial charge is 0.368 e. The zero-order valence-electron chi connectivity index (χ0n) is 10.1. The minimum absolute atomic E-state index is 0.127. The average molecular weight is 224 g/mol. The van der Waals surface area contributed by atoms with Crippen LogP contribution in [0.2, 0.25) is 0 Å². The Labute approximate surface area is 98.2 Å². The Hall–Kier alpha value is -0.570. The van der Waals surface area contributed by atoms with Crippen LogP contribution in [0.1, 0.15) is 64.2 Å². The molecule has 92 valence electrons. The van der Waals surface area contributed by atoms with Crippen molar-refractivity contribution in [3.05, 3.63) is 0 Å². The van der Waals surface area contributed by atoms with Gasteiger partial charge in [-0.15, -0.1) is 0 Å². The van der Waals surface area contributed by atoms with Gasteiger partial charge in [-0.1, -0.05) is 38.5 Å². The molecule has 2 aliphatic carbocycles. The number of amides is 1. The van der Waals surface area contributed by atoms with Gasteiger partial charge in [-0.05, 0) is 25.7 Å². The molecule has 0 saturated heterocycles. The van der Waals surface area contributed by atoms with Crippen LogP contribution in [0.15, 0.2) is 0 Å². The van der Waals surface area contributed by atoms with Gasteiger partial charge in [0.25, 0.3) is 0 Å². The molecule has 0 atom stereocenters. The molecule has 3 nitrogen and oxygen atoms in total. The number of hydrogen-bond donors (Lipinski definition) is 2. The molecule has 1 amide bonds. The number of carbonyl (C=O) groups is 1. The summed E-state index contributed by atoms with van der Waals surface area (Å²) in [5.74, 6) is -0.127. The third-order valence-electron chi connectivity index (χ3n) is 4.26. The molecule has 3 heteroatoms. The minimum atomic E-state index is -0.375. The SMILES string of the molecule is NC(=O)C1(NC2CCCCC2)CCCCC1. The molecule has 0 aromatic carbocycles. The fourth-order valence-corrected chi connectivity index (χ4v) is 3.25. The highest BCUT2D eigenvalue weighted by atomic mass is 16.1. The van der Waals surface area contributed by atoms with Gasteiger partial charge in [0.1, 0.15) is 0 Å². The van der Waals surface area contributed by atoms with Crippen LogP contribution in [-0.4, -0.2) is 17.5 Å². The molecular weight excluding hydrogens is 200 g/mol. The van der Waals surface area contributed by atoms with E-state index in [4.69, 9.17) is 5.73 Å². The first-order chi connectivity index (χ1) is 7.73. The summed E-state index contributed by atoms with van der Waals surface area (Å²) < 4.78 is 0. The lowest BCUT2D eigenvalue weighted by molar-refractivity contribution is -0.126. The molecule has 0 radical (unpaired) electrons. The third kappa shape index (κ3) is 2.57. The van der Waals surface area contributed by atoms with Crippen LogP contribution < -0.4 is 11.1 Å². The summed E-state index contributed by atoms with van der Waals surface area (Å²) in [5.41, 5.74) is 5.24. The second-order valence-corrected chi connectivity index (χ2v) is 5.49. The van der Waals surface area contributed by atoms with E-state index < -0.39 is 0 Å². The van der Waals surface area contributed by atoms with Crippen LogP contribution >= 0.6 is 0 Å². The summed E-state index contributed by atoms with van der Waals surface area (Å²) in [4.78, 5) is 11.7. The van der Waals surface area contributed by atoms with Crippen LogP contribution in [-0.2, 0) is 4.79 Å². The lowest BCUT2D eigenvalue weighted by Gasteiger charge is -2.39. The van der Waals surface area contributed by atoms with Crippen LogP contribution in [0, 0.1) is 0 Å². The Morgan fingerprint density at radius 3 is 2.12 bits per heavy atom. The number of primary amides is 1. The molecule has 0 aromatic heterocycles. The van der Waals surface area contributed by atoms with Crippen LogP contribution in [0.4, 0.5) is 0 Å². The van der Waals surface area contributed by atoms with Gasteiger partial charge in [0.05, 0.1) is 5.54 Å². The quantitative estimate of drug-likeness (QED) is 0.771. The van der Waals surface area contributed by atoms with Crippen molar-refractivity contribution in [3.63, 3.8) is 0 Å². The van der Waals surface area contributed by atoms with Gasteiger partial charge in [-0.2, -0.15) is 0 Å². The van der Waals surface area contributed by atoms with Crippen molar-refractivity contribution in [2.75, 3.05) is 0 Å². The smallest absolute Gasteiger partial charge is 0.237 e. The van der Waals surface area contributed by atoms with Crippen molar-refractivity contribution < 1.29 is 4.79 Å². The number of nitrogens with one attached hydrogen (secondary N) is 1. The number of rotatable bonds is 3. The molecule has 0 aliphatic heterocycles. The molecule has 0 aromatic rings. The van der Waals surface area contributed by atoms with Crippen molar-refractivity contribution in [1.29, 1.82) is 0 Å². The van der Waals surface area contributed by atoms with Crippen molar-refractivity contribution in [2.45, 2.75) is 75.8 Å². The second kappa shape index (κ2) is 5.17. The van der Waals surface area contributed by atoms with Gasteiger partial charge < -0.3 is 11.1 Å². The summed E-state index contributed by atoms with van der Waals surface area (Å²) in [6, 6.07) is 0.527. The van der Waals surface area contributed by atoms with E-state index in [1.165, 1.54) is 38.5 Å². The molecule has 0 spiro atoms. The maximum atomic E-state index is 11.7. The van der Waals surface area contributed by atoms with Gasteiger partial charge in [-0.25, -0.2) is 0 Å². The van der Waals surface area contributed by atoms with Gasteiger partial charge in [0.2, 0.25) is 5.91 Å². The Morgan fingerprint density at radius 1 is 1.00 bits per heavy atom. The molecule has 2 rings (SSSR count). The third-order valence-corrected chi connectivity index (χ3v) is 4.26. The molecule has 0 bridgehead atoms. The lowest BCUT2D eigenvalue weighted by atomic mass is 9.79. The maximum Gasteiger partial charge on any atom is 0.237 e. The first kappa shape index (κ1) is 11.9. The van der Waals surface area contributed by atoms with Crippen LogP contribution in [0.3, 0.4) is 0 Å². The molecule has 0 unspecified atom stereocenters. The van der Waals surface area contributed by atoms with Crippen molar-refractivity contribution in [3.8, 4) is 0 Å². The highest BCUT2D eigenvalue weighted by Crippen LogP contribution is 2.30. The first-order valence-electron chi connectivity index (χ1n) is 6.81. The van der Waals surface area contributed by atoms with Gasteiger partial charge in [-0.3, -0.25) is 4.79 Å². The van der Waals surface area contributed by atoms with E-state index in [2.05, 4.69) is 5.32 Å². The predicted molar refractivity (Wildman–Crippen MR) is 65.0 cm³/mol. The Kier molecular flexibility index (Phi) is 3.85. The average Bonchev–Trinajstić information content (AvgIpc) is 2.31. The standard InChI is InChI=1S/C13H24N2O/c14-12(16)13(9-5-2-6-10-13)15-11-7-3-1-4-8-11/h11,15H,1-10H2,(H2,14,16). The summed E-state index contributed by atoms with van der Waals surface area (Å²) in [6.07, 6.45) is 11.8. The van der Waals surface area contributed by atoms with Crippen molar-refractivity contribution in [2.24, 2.45) is 5.73 Å². The Balaban J connectivity index is 1.98. The van der Waals surface area contributed by atoms with E-state index in [0.717, 1.165) is 25.7 Å². The maximum absolute atomic E-state index is 11.7. The molecule has 16 heavy (non-hydrogen) atoms. The summed E-state index contributed by atoms with van der Waals surface area (Å²) in [6.45, 7) is 0. The minimum Gasteiger partial charge on any atom is -0.368 e. The molecular formula is C13H24N2O. The lowest BCUT2D eigenvalue weighted by Crippen LogP contribution is -2.59. The first-order valence-corrected chi connectivity index (χ1v) is 6.81. The summed E-state index contributed by atoms with van der Waals surface area (Å²) >= 11 is 0. The zero-order valence-corrected chi connectivity index (χ0v) is 10.1. The topological polar surface area (TPSA) is 55.1 Å². The zero-order chi connectivity index (χ0) is 11.4. The van der Waals surface area contributed by atoms with Crippen LogP contribution in [0.25, 0.3) is 0 Å². The number of hydrogen-bond acceptors (Lipinski definition) is 2. The van der Waals surface area contributed by atoms with E-state index in [1.807, 2.05) is 0 Å². The fourth-order valence-electron chi connectivity index (χ4n) is 3.25. The van der Waals surface area contributed by atoms with Gasteiger partial charge >= 0.3 is 0 Å². The monoisotopic (exact) mass is 224 g/mol. The number of nitrogens with two attached hydrogens (primary N) is 1. The van der Waals surface area contributed by atoms with Crippen LogP contribution in [0.5, 0.6) is 0 Å². The Morgan fingerprint density at radius 2 is 1.56 bits per heavy atom. The summed E-state index contributed by atoms with van der Waals surface area (Å²) in [7, 11) is 0. The normalized spacial score (nSPS) is 26.5. The molecule has 0 heterocycles.